The fourth-order valence-electron chi connectivity index (χ4n) is 3.94. The summed E-state index contributed by atoms with van der Waals surface area (Å²) in [6.07, 6.45) is 7.97. The van der Waals surface area contributed by atoms with E-state index in [2.05, 4.69) is 19.3 Å². The van der Waals surface area contributed by atoms with E-state index in [9.17, 15) is 24.8 Å². The van der Waals surface area contributed by atoms with Gasteiger partial charge < -0.3 is 5.11 Å². The Balaban J connectivity index is 2.31. The normalized spacial score (nSPS) is 11.2. The second kappa shape index (κ2) is 14.2. The molecular formula is C27H37N3O5. The number of nitro groups is 1. The van der Waals surface area contributed by atoms with Gasteiger partial charge in [-0.25, -0.2) is 5.01 Å². The summed E-state index contributed by atoms with van der Waals surface area (Å²) in [6, 6.07) is 13.9. The number of amides is 2. The number of rotatable bonds is 14. The number of hydrogen-bond acceptors (Lipinski definition) is 5. The Kier molecular flexibility index (Phi) is 11.4. The fraction of sp³-hybridized carbons (Fsp3) is 0.481. The van der Waals surface area contributed by atoms with Gasteiger partial charge in [-0.1, -0.05) is 89.5 Å². The second-order valence-electron chi connectivity index (χ2n) is 8.88. The van der Waals surface area contributed by atoms with Crippen LogP contribution in [0.3, 0.4) is 0 Å². The highest BCUT2D eigenvalue weighted by atomic mass is 16.6. The molecule has 0 saturated heterocycles. The van der Waals surface area contributed by atoms with Gasteiger partial charge in [0, 0.05) is 17.7 Å². The van der Waals surface area contributed by atoms with Crippen LogP contribution >= 0.6 is 0 Å². The maximum atomic E-state index is 13.4. The maximum Gasteiger partial charge on any atom is 0.277 e. The van der Waals surface area contributed by atoms with E-state index < -0.39 is 22.3 Å². The van der Waals surface area contributed by atoms with E-state index in [1.165, 1.54) is 24.3 Å². The standard InChI is InChI=1S/C27H37N3O5/c1-3-5-7-12-19-27(33,20-13-8-6-4-2)26(32)28-29(23-16-10-9-11-17-23)25(31)22-15-14-18-24(21-22)30(34)35/h9-11,14-18,21,33H,3-8,12-13,19-20H2,1-2H3,(H,28,32). The summed E-state index contributed by atoms with van der Waals surface area (Å²) in [5.74, 6) is -1.28. The molecule has 8 nitrogen and oxygen atoms in total. The van der Waals surface area contributed by atoms with Gasteiger partial charge in [0.1, 0.15) is 5.60 Å². The number of hydrogen-bond donors (Lipinski definition) is 2. The summed E-state index contributed by atoms with van der Waals surface area (Å²) in [5, 5.41) is 23.7. The zero-order valence-electron chi connectivity index (χ0n) is 20.7. The van der Waals surface area contributed by atoms with Crippen molar-refractivity contribution in [1.82, 2.24) is 5.43 Å². The number of aliphatic hydroxyl groups is 1. The fourth-order valence-corrected chi connectivity index (χ4v) is 3.94. The highest BCUT2D eigenvalue weighted by Gasteiger charge is 2.37. The number of para-hydroxylation sites is 1. The third kappa shape index (κ3) is 8.47. The van der Waals surface area contributed by atoms with Crippen LogP contribution in [0, 0.1) is 10.1 Å². The molecule has 0 fully saturated rings. The van der Waals surface area contributed by atoms with Crippen molar-refractivity contribution >= 4 is 23.2 Å². The average Bonchev–Trinajstić information content (AvgIpc) is 2.87. The van der Waals surface area contributed by atoms with Crippen LogP contribution in [-0.2, 0) is 4.79 Å². The number of carbonyl (C=O) groups excluding carboxylic acids is 2. The van der Waals surface area contributed by atoms with E-state index in [4.69, 9.17) is 0 Å². The molecule has 8 heteroatoms. The lowest BCUT2D eigenvalue weighted by Gasteiger charge is -2.31. The third-order valence-corrected chi connectivity index (χ3v) is 6.05. The topological polar surface area (TPSA) is 113 Å². The molecule has 0 aliphatic heterocycles. The lowest BCUT2D eigenvalue weighted by atomic mass is 9.89. The molecular weight excluding hydrogens is 446 g/mol. The van der Waals surface area contributed by atoms with Gasteiger partial charge >= 0.3 is 0 Å². The van der Waals surface area contributed by atoms with Crippen molar-refractivity contribution in [1.29, 1.82) is 0 Å². The molecule has 0 spiro atoms. The van der Waals surface area contributed by atoms with E-state index >= 15 is 0 Å². The molecule has 0 aliphatic rings. The number of hydrazine groups is 1. The van der Waals surface area contributed by atoms with Crippen molar-refractivity contribution < 1.29 is 19.6 Å². The van der Waals surface area contributed by atoms with Crippen molar-refractivity contribution in [2.24, 2.45) is 0 Å². The predicted octanol–water partition coefficient (Wildman–Crippen LogP) is 5.94. The van der Waals surface area contributed by atoms with Gasteiger partial charge in [0.2, 0.25) is 0 Å². The molecule has 0 aromatic heterocycles. The van der Waals surface area contributed by atoms with Crippen LogP contribution in [0.15, 0.2) is 54.6 Å². The molecule has 2 amide bonds. The smallest absolute Gasteiger partial charge is 0.277 e. The third-order valence-electron chi connectivity index (χ3n) is 6.05. The molecule has 0 unspecified atom stereocenters. The van der Waals surface area contributed by atoms with E-state index in [-0.39, 0.29) is 11.3 Å². The maximum absolute atomic E-state index is 13.4. The van der Waals surface area contributed by atoms with Crippen LogP contribution < -0.4 is 10.4 Å². The number of nitrogens with zero attached hydrogens (tertiary/aromatic N) is 2. The summed E-state index contributed by atoms with van der Waals surface area (Å²) >= 11 is 0. The molecule has 0 saturated carbocycles. The van der Waals surface area contributed by atoms with Crippen LogP contribution in [0.2, 0.25) is 0 Å². The van der Waals surface area contributed by atoms with Gasteiger partial charge in [0.15, 0.2) is 0 Å². The Bertz CT molecular complexity index is 952. The van der Waals surface area contributed by atoms with Crippen molar-refractivity contribution in [3.8, 4) is 0 Å². The van der Waals surface area contributed by atoms with Crippen molar-refractivity contribution in [2.45, 2.75) is 83.7 Å². The Hall–Kier alpha value is -3.26. The van der Waals surface area contributed by atoms with Crippen molar-refractivity contribution in [2.75, 3.05) is 5.01 Å². The Morgan fingerprint density at radius 3 is 2.06 bits per heavy atom. The molecule has 190 valence electrons. The van der Waals surface area contributed by atoms with Gasteiger partial charge in [-0.05, 0) is 31.0 Å². The first-order valence-corrected chi connectivity index (χ1v) is 12.5. The molecule has 0 bridgehead atoms. The number of nitrogens with one attached hydrogen (secondary N) is 1. The zero-order chi connectivity index (χ0) is 25.7. The van der Waals surface area contributed by atoms with Crippen LogP contribution in [0.4, 0.5) is 11.4 Å². The molecule has 35 heavy (non-hydrogen) atoms. The predicted molar refractivity (Wildman–Crippen MR) is 137 cm³/mol. The monoisotopic (exact) mass is 483 g/mol. The lowest BCUT2D eigenvalue weighted by molar-refractivity contribution is -0.384. The average molecular weight is 484 g/mol. The minimum atomic E-state index is -1.61. The van der Waals surface area contributed by atoms with Gasteiger partial charge in [0.25, 0.3) is 17.5 Å². The molecule has 2 aromatic carbocycles. The summed E-state index contributed by atoms with van der Waals surface area (Å²) in [7, 11) is 0. The molecule has 2 rings (SSSR count). The van der Waals surface area contributed by atoms with Crippen LogP contribution in [0.25, 0.3) is 0 Å². The Morgan fingerprint density at radius 1 is 0.914 bits per heavy atom. The van der Waals surface area contributed by atoms with E-state index in [1.807, 2.05) is 0 Å². The van der Waals surface area contributed by atoms with Crippen LogP contribution in [0.1, 0.15) is 88.4 Å². The highest BCUT2D eigenvalue weighted by Crippen LogP contribution is 2.25. The Morgan fingerprint density at radius 2 is 1.51 bits per heavy atom. The molecule has 0 aliphatic carbocycles. The van der Waals surface area contributed by atoms with Gasteiger partial charge in [-0.3, -0.25) is 25.1 Å². The second-order valence-corrected chi connectivity index (χ2v) is 8.88. The molecule has 2 N–H and O–H groups in total. The number of non-ortho nitro benzene ring substituents is 1. The highest BCUT2D eigenvalue weighted by molar-refractivity contribution is 6.08. The van der Waals surface area contributed by atoms with Gasteiger partial charge in [-0.15, -0.1) is 0 Å². The first kappa shape index (κ1) is 28.0. The van der Waals surface area contributed by atoms with E-state index in [0.717, 1.165) is 43.5 Å². The largest absolute Gasteiger partial charge is 0.380 e. The van der Waals surface area contributed by atoms with Crippen LogP contribution in [-0.4, -0.2) is 27.4 Å². The summed E-state index contributed by atoms with van der Waals surface area (Å²) < 4.78 is 0. The van der Waals surface area contributed by atoms with E-state index in [1.54, 1.807) is 30.3 Å². The molecule has 0 heterocycles. The zero-order valence-corrected chi connectivity index (χ0v) is 20.7. The van der Waals surface area contributed by atoms with Crippen molar-refractivity contribution in [3.05, 3.63) is 70.3 Å². The number of carbonyl (C=O) groups is 2. The van der Waals surface area contributed by atoms with Gasteiger partial charge in [0.05, 0.1) is 10.6 Å². The number of anilines is 1. The molecule has 2 aromatic rings. The minimum Gasteiger partial charge on any atom is -0.380 e. The molecule has 0 atom stereocenters. The lowest BCUT2D eigenvalue weighted by Crippen LogP contribution is -2.55. The first-order valence-electron chi connectivity index (χ1n) is 12.5. The van der Waals surface area contributed by atoms with Gasteiger partial charge in [-0.2, -0.15) is 0 Å². The first-order chi connectivity index (χ1) is 16.8. The summed E-state index contributed by atoms with van der Waals surface area (Å²) in [6.45, 7) is 4.20. The summed E-state index contributed by atoms with van der Waals surface area (Å²) in [5.41, 5.74) is 1.23. The SMILES string of the molecule is CCCCCCC(O)(CCCCCC)C(=O)NN(C(=O)c1cccc([N+](=O)[O-])c1)c1ccccc1. The molecule has 0 radical (unpaired) electrons. The summed E-state index contributed by atoms with van der Waals surface area (Å²) in [4.78, 5) is 37.4. The van der Waals surface area contributed by atoms with E-state index in [0.29, 0.717) is 31.4 Å². The quantitative estimate of drug-likeness (QED) is 0.196. The number of unbranched alkanes of at least 4 members (excludes halogenated alkanes) is 6. The Labute approximate surface area is 207 Å². The minimum absolute atomic E-state index is 0.0535. The van der Waals surface area contributed by atoms with Crippen LogP contribution in [0.5, 0.6) is 0 Å². The number of nitro benzene ring substituents is 1. The van der Waals surface area contributed by atoms with Crippen molar-refractivity contribution in [3.63, 3.8) is 0 Å². The number of benzene rings is 2.